The minimum Gasteiger partial charge on any atom is -0.494 e. The Morgan fingerprint density at radius 1 is 1.36 bits per heavy atom. The van der Waals surface area contributed by atoms with Crippen molar-refractivity contribution < 1.29 is 19.4 Å². The van der Waals surface area contributed by atoms with Crippen molar-refractivity contribution in [3.8, 4) is 5.75 Å². The fourth-order valence-electron chi connectivity index (χ4n) is 1.75. The predicted molar refractivity (Wildman–Crippen MR) is 83.7 cm³/mol. The number of hydrogen-bond acceptors (Lipinski definition) is 5. The molecule has 0 saturated carbocycles. The monoisotopic (exact) mass is 320 g/mol. The first-order chi connectivity index (χ1) is 10.5. The molecule has 0 aliphatic heterocycles. The van der Waals surface area contributed by atoms with Crippen LogP contribution in [-0.2, 0) is 4.79 Å². The number of anilines is 1. The minimum atomic E-state index is -1.10. The van der Waals surface area contributed by atoms with E-state index in [-0.39, 0.29) is 11.6 Å². The van der Waals surface area contributed by atoms with Crippen LogP contribution in [0.3, 0.4) is 0 Å². The molecule has 116 valence electrons. The largest absolute Gasteiger partial charge is 0.494 e. The van der Waals surface area contributed by atoms with Gasteiger partial charge in [-0.05, 0) is 38.1 Å². The number of carboxylic acids is 1. The van der Waals surface area contributed by atoms with Crippen molar-refractivity contribution in [3.63, 3.8) is 0 Å². The Morgan fingerprint density at radius 3 is 2.59 bits per heavy atom. The van der Waals surface area contributed by atoms with Gasteiger partial charge in [-0.15, -0.1) is 11.3 Å². The average molecular weight is 320 g/mol. The van der Waals surface area contributed by atoms with E-state index in [1.807, 2.05) is 6.92 Å². The Morgan fingerprint density at radius 2 is 2.05 bits per heavy atom. The molecule has 2 N–H and O–H groups in total. The fraction of sp³-hybridized carbons (Fsp3) is 0.267. The van der Waals surface area contributed by atoms with Crippen LogP contribution in [0.25, 0.3) is 0 Å². The third kappa shape index (κ3) is 3.82. The number of rotatable bonds is 6. The molecular formula is C15H16N2O4S. The average Bonchev–Trinajstić information content (AvgIpc) is 2.99. The van der Waals surface area contributed by atoms with Gasteiger partial charge in [-0.25, -0.2) is 9.78 Å². The highest BCUT2D eigenvalue weighted by Crippen LogP contribution is 2.23. The molecule has 0 fully saturated rings. The normalized spacial score (nSPS) is 11.7. The predicted octanol–water partition coefficient (Wildman–Crippen LogP) is 2.98. The van der Waals surface area contributed by atoms with E-state index in [9.17, 15) is 9.59 Å². The summed E-state index contributed by atoms with van der Waals surface area (Å²) < 4.78 is 5.33. The molecule has 0 unspecified atom stereocenters. The molecule has 0 saturated heterocycles. The summed E-state index contributed by atoms with van der Waals surface area (Å²) in [6, 6.07) is 7.05. The van der Waals surface area contributed by atoms with Gasteiger partial charge in [0, 0.05) is 11.1 Å². The zero-order valence-corrected chi connectivity index (χ0v) is 13.0. The Bertz CT molecular complexity index is 666. The van der Waals surface area contributed by atoms with Crippen molar-refractivity contribution in [2.24, 2.45) is 0 Å². The van der Waals surface area contributed by atoms with Crippen LogP contribution in [0.15, 0.2) is 29.6 Å². The number of carbonyl (C=O) groups is 2. The quantitative estimate of drug-likeness (QED) is 0.854. The summed E-state index contributed by atoms with van der Waals surface area (Å²) in [5.74, 6) is -1.12. The zero-order chi connectivity index (χ0) is 16.1. The van der Waals surface area contributed by atoms with E-state index in [4.69, 9.17) is 9.84 Å². The third-order valence-corrected chi connectivity index (χ3v) is 3.97. The summed E-state index contributed by atoms with van der Waals surface area (Å²) in [6.07, 6.45) is 0. The summed E-state index contributed by atoms with van der Waals surface area (Å²) >= 11 is 1.16. The number of ether oxygens (including phenoxy) is 1. The van der Waals surface area contributed by atoms with Crippen molar-refractivity contribution in [2.75, 3.05) is 11.9 Å². The zero-order valence-electron chi connectivity index (χ0n) is 12.2. The number of carbonyl (C=O) groups excluding carboxylic acids is 1. The van der Waals surface area contributed by atoms with Gasteiger partial charge in [0.1, 0.15) is 10.8 Å². The fourth-order valence-corrected chi connectivity index (χ4v) is 2.60. The Labute approximate surface area is 131 Å². The number of aromatic nitrogens is 1. The maximum absolute atomic E-state index is 12.2. The van der Waals surface area contributed by atoms with E-state index in [1.54, 1.807) is 31.2 Å². The van der Waals surface area contributed by atoms with Crippen molar-refractivity contribution in [2.45, 2.75) is 19.8 Å². The van der Waals surface area contributed by atoms with Gasteiger partial charge in [0.25, 0.3) is 0 Å². The minimum absolute atomic E-state index is 0.0410. The summed E-state index contributed by atoms with van der Waals surface area (Å²) in [5, 5.41) is 13.5. The highest BCUT2D eigenvalue weighted by atomic mass is 32.1. The second-order valence-corrected chi connectivity index (χ2v) is 5.43. The number of amides is 1. The Balaban J connectivity index is 2.02. The summed E-state index contributed by atoms with van der Waals surface area (Å²) in [4.78, 5) is 26.9. The molecule has 7 heteroatoms. The summed E-state index contributed by atoms with van der Waals surface area (Å²) in [6.45, 7) is 4.17. The number of benzene rings is 1. The number of hydrogen-bond donors (Lipinski definition) is 2. The maximum atomic E-state index is 12.2. The number of thiazole rings is 1. The second-order valence-electron chi connectivity index (χ2n) is 4.54. The molecular weight excluding hydrogens is 304 g/mol. The van der Waals surface area contributed by atoms with Gasteiger partial charge in [0.15, 0.2) is 5.69 Å². The molecule has 0 aliphatic carbocycles. The van der Waals surface area contributed by atoms with Gasteiger partial charge >= 0.3 is 5.97 Å². The smallest absolute Gasteiger partial charge is 0.355 e. The molecule has 1 aromatic carbocycles. The molecule has 1 amide bonds. The lowest BCUT2D eigenvalue weighted by atomic mass is 10.1. The Hall–Kier alpha value is -2.41. The highest BCUT2D eigenvalue weighted by Gasteiger charge is 2.20. The van der Waals surface area contributed by atoms with Crippen LogP contribution in [0.2, 0.25) is 0 Å². The van der Waals surface area contributed by atoms with Gasteiger partial charge in [-0.2, -0.15) is 0 Å². The molecule has 0 radical (unpaired) electrons. The lowest BCUT2D eigenvalue weighted by Gasteiger charge is -2.10. The third-order valence-electron chi connectivity index (χ3n) is 2.94. The van der Waals surface area contributed by atoms with E-state index in [2.05, 4.69) is 10.3 Å². The lowest BCUT2D eigenvalue weighted by Crippen LogP contribution is -2.18. The maximum Gasteiger partial charge on any atom is 0.355 e. The van der Waals surface area contributed by atoms with Gasteiger partial charge in [0.05, 0.1) is 12.5 Å². The van der Waals surface area contributed by atoms with Crippen LogP contribution < -0.4 is 10.1 Å². The van der Waals surface area contributed by atoms with Crippen molar-refractivity contribution in [1.29, 1.82) is 0 Å². The first kappa shape index (κ1) is 16.0. The molecule has 6 nitrogen and oxygen atoms in total. The van der Waals surface area contributed by atoms with Crippen LogP contribution in [0, 0.1) is 0 Å². The first-order valence-corrected chi connectivity index (χ1v) is 7.61. The van der Waals surface area contributed by atoms with Gasteiger partial charge in [-0.1, -0.05) is 0 Å². The van der Waals surface area contributed by atoms with E-state index in [0.717, 1.165) is 17.1 Å². The van der Waals surface area contributed by atoms with E-state index < -0.39 is 11.9 Å². The number of carboxylic acid groups (broad SMARTS) is 1. The van der Waals surface area contributed by atoms with E-state index in [0.29, 0.717) is 17.3 Å². The van der Waals surface area contributed by atoms with E-state index in [1.165, 1.54) is 5.38 Å². The lowest BCUT2D eigenvalue weighted by molar-refractivity contribution is -0.117. The number of nitrogens with zero attached hydrogens (tertiary/aromatic N) is 1. The topological polar surface area (TPSA) is 88.5 Å². The van der Waals surface area contributed by atoms with E-state index >= 15 is 0 Å². The van der Waals surface area contributed by atoms with Crippen LogP contribution >= 0.6 is 11.3 Å². The molecule has 22 heavy (non-hydrogen) atoms. The molecule has 1 aromatic heterocycles. The molecule has 0 bridgehead atoms. The molecule has 1 atom stereocenters. The molecule has 2 rings (SSSR count). The standard InChI is InChI=1S/C15H16N2O4S/c1-3-21-11-6-4-10(5-7-11)16-13(18)9(2)14-17-12(8-22-14)15(19)20/h4-9H,3H2,1-2H3,(H,16,18)(H,19,20)/t9-/m0/s1. The Kier molecular flexibility index (Phi) is 5.11. The van der Waals surface area contributed by atoms with Crippen LogP contribution in [0.1, 0.15) is 35.3 Å². The number of aromatic carboxylic acids is 1. The highest BCUT2D eigenvalue weighted by molar-refractivity contribution is 7.10. The van der Waals surface area contributed by atoms with Crippen LogP contribution in [0.5, 0.6) is 5.75 Å². The van der Waals surface area contributed by atoms with Crippen LogP contribution in [-0.4, -0.2) is 28.6 Å². The molecule has 0 aliphatic rings. The van der Waals surface area contributed by atoms with Gasteiger partial charge in [0.2, 0.25) is 5.91 Å². The first-order valence-electron chi connectivity index (χ1n) is 6.73. The molecule has 1 heterocycles. The SMILES string of the molecule is CCOc1ccc(NC(=O)[C@H](C)c2nc(C(=O)O)cs2)cc1. The summed E-state index contributed by atoms with van der Waals surface area (Å²) in [7, 11) is 0. The van der Waals surface area contributed by atoms with Crippen molar-refractivity contribution >= 4 is 28.9 Å². The summed E-state index contributed by atoms with van der Waals surface area (Å²) in [5.41, 5.74) is 0.607. The van der Waals surface area contributed by atoms with Crippen molar-refractivity contribution in [1.82, 2.24) is 4.98 Å². The van der Waals surface area contributed by atoms with Gasteiger partial charge in [-0.3, -0.25) is 4.79 Å². The molecule has 2 aromatic rings. The van der Waals surface area contributed by atoms with Crippen LogP contribution in [0.4, 0.5) is 5.69 Å². The van der Waals surface area contributed by atoms with Crippen molar-refractivity contribution in [3.05, 3.63) is 40.3 Å². The van der Waals surface area contributed by atoms with Gasteiger partial charge < -0.3 is 15.2 Å². The second kappa shape index (κ2) is 7.04. The number of nitrogens with one attached hydrogen (secondary N) is 1. The molecule has 0 spiro atoms.